The molecule has 0 unspecified atom stereocenters. The number of hydrogen-bond acceptors (Lipinski definition) is 5. The maximum absolute atomic E-state index is 13.0. The number of amides is 2. The molecule has 1 saturated heterocycles. The zero-order valence-corrected chi connectivity index (χ0v) is 17.0. The number of thioether (sulfide) groups is 1. The van der Waals surface area contributed by atoms with Gasteiger partial charge >= 0.3 is 0 Å². The molecule has 6 nitrogen and oxygen atoms in total. The van der Waals surface area contributed by atoms with E-state index >= 15 is 0 Å². The highest BCUT2D eigenvalue weighted by molar-refractivity contribution is 8.15. The van der Waals surface area contributed by atoms with Crippen LogP contribution >= 0.6 is 11.8 Å². The van der Waals surface area contributed by atoms with E-state index in [9.17, 15) is 14.0 Å². The van der Waals surface area contributed by atoms with Gasteiger partial charge in [0.05, 0.1) is 18.8 Å². The van der Waals surface area contributed by atoms with E-state index in [0.29, 0.717) is 24.0 Å². The molecule has 0 radical (unpaired) electrons. The van der Waals surface area contributed by atoms with Gasteiger partial charge in [-0.2, -0.15) is 0 Å². The number of benzene rings is 2. The number of halogens is 1. The second-order valence-electron chi connectivity index (χ2n) is 6.58. The van der Waals surface area contributed by atoms with Crippen molar-refractivity contribution in [2.24, 2.45) is 4.99 Å². The zero-order chi connectivity index (χ0) is 20.8. The summed E-state index contributed by atoms with van der Waals surface area (Å²) in [4.78, 5) is 31.4. The molecule has 0 bridgehead atoms. The number of carbonyl (C=O) groups excluding carboxylic acids is 2. The number of ether oxygens (including phenoxy) is 1. The van der Waals surface area contributed by atoms with E-state index in [-0.39, 0.29) is 24.1 Å². The molecule has 0 aromatic heterocycles. The quantitative estimate of drug-likeness (QED) is 0.748. The molecule has 152 valence electrons. The molecule has 1 N–H and O–H groups in total. The predicted octanol–water partition coefficient (Wildman–Crippen LogP) is 3.74. The smallest absolute Gasteiger partial charge is 0.242 e. The molecule has 0 spiro atoms. The second-order valence-corrected chi connectivity index (χ2v) is 7.75. The van der Waals surface area contributed by atoms with Gasteiger partial charge in [0.15, 0.2) is 5.17 Å². The number of carbonyl (C=O) groups is 2. The fraction of sp³-hybridized carbons (Fsp3) is 0.286. The van der Waals surface area contributed by atoms with Gasteiger partial charge in [-0.05, 0) is 48.9 Å². The monoisotopic (exact) mass is 415 g/mol. The summed E-state index contributed by atoms with van der Waals surface area (Å²) in [5.41, 5.74) is 2.30. The zero-order valence-electron chi connectivity index (χ0n) is 16.2. The number of methoxy groups -OCH3 is 1. The average Bonchev–Trinajstić information content (AvgIpc) is 2.96. The second kappa shape index (κ2) is 9.67. The van der Waals surface area contributed by atoms with Crippen LogP contribution in [0.4, 0.5) is 15.8 Å². The number of anilines is 1. The van der Waals surface area contributed by atoms with Gasteiger partial charge in [0.2, 0.25) is 11.8 Å². The summed E-state index contributed by atoms with van der Waals surface area (Å²) >= 11 is 1.27. The average molecular weight is 415 g/mol. The fourth-order valence-electron chi connectivity index (χ4n) is 2.84. The van der Waals surface area contributed by atoms with Crippen LogP contribution in [0.2, 0.25) is 0 Å². The molecule has 0 saturated carbocycles. The highest BCUT2D eigenvalue weighted by Gasteiger charge is 2.39. The molecule has 0 aliphatic carbocycles. The Bertz CT molecular complexity index is 918. The minimum absolute atomic E-state index is 0.00278. The van der Waals surface area contributed by atoms with Crippen LogP contribution in [0.3, 0.4) is 0 Å². The van der Waals surface area contributed by atoms with Crippen molar-refractivity contribution < 1.29 is 18.7 Å². The number of rotatable bonds is 7. The number of amidine groups is 1. The Hall–Kier alpha value is -2.71. The minimum Gasteiger partial charge on any atom is -0.383 e. The third-order valence-corrected chi connectivity index (χ3v) is 5.44. The molecule has 1 heterocycles. The molecule has 3 rings (SSSR count). The van der Waals surface area contributed by atoms with Crippen molar-refractivity contribution in [1.29, 1.82) is 0 Å². The molecule has 1 aliphatic rings. The molecule has 2 aromatic rings. The van der Waals surface area contributed by atoms with Gasteiger partial charge < -0.3 is 10.1 Å². The Balaban J connectivity index is 1.73. The van der Waals surface area contributed by atoms with Crippen molar-refractivity contribution in [2.75, 3.05) is 25.6 Å². The van der Waals surface area contributed by atoms with Gasteiger partial charge in [-0.3, -0.25) is 14.5 Å². The minimum atomic E-state index is -0.573. The Morgan fingerprint density at radius 2 is 2.03 bits per heavy atom. The van der Waals surface area contributed by atoms with E-state index in [4.69, 9.17) is 4.74 Å². The molecule has 1 atom stereocenters. The van der Waals surface area contributed by atoms with Crippen LogP contribution in [0.15, 0.2) is 53.5 Å². The summed E-state index contributed by atoms with van der Waals surface area (Å²) in [6.07, 6.45) is -0.00278. The number of nitrogens with zero attached hydrogens (tertiary/aromatic N) is 2. The Morgan fingerprint density at radius 3 is 2.72 bits per heavy atom. The van der Waals surface area contributed by atoms with Gasteiger partial charge in [-0.15, -0.1) is 0 Å². The molecule has 1 aliphatic heterocycles. The molecular formula is C21H22FN3O3S. The van der Waals surface area contributed by atoms with Crippen LogP contribution in [0, 0.1) is 12.7 Å². The van der Waals surface area contributed by atoms with Gasteiger partial charge in [0.1, 0.15) is 11.1 Å². The van der Waals surface area contributed by atoms with Crippen LogP contribution in [0.1, 0.15) is 12.0 Å². The topological polar surface area (TPSA) is 71.0 Å². The number of aliphatic imine (C=N–C) groups is 1. The Labute approximate surface area is 173 Å². The van der Waals surface area contributed by atoms with E-state index in [0.717, 1.165) is 11.3 Å². The van der Waals surface area contributed by atoms with Crippen molar-refractivity contribution in [3.63, 3.8) is 0 Å². The summed E-state index contributed by atoms with van der Waals surface area (Å²) in [6.45, 7) is 2.71. The lowest BCUT2D eigenvalue weighted by molar-refractivity contribution is -0.128. The SMILES string of the molecule is COCCN1C(=O)[C@H](CC(=O)Nc2ccc(F)cc2)SC1=Nc1cccc(C)c1. The van der Waals surface area contributed by atoms with Gasteiger partial charge in [0, 0.05) is 19.2 Å². The van der Waals surface area contributed by atoms with Crippen LogP contribution in [-0.4, -0.2) is 47.4 Å². The first-order chi connectivity index (χ1) is 14.0. The van der Waals surface area contributed by atoms with Crippen molar-refractivity contribution in [2.45, 2.75) is 18.6 Å². The third-order valence-electron chi connectivity index (χ3n) is 4.26. The summed E-state index contributed by atoms with van der Waals surface area (Å²) in [7, 11) is 1.57. The third kappa shape index (κ3) is 5.65. The largest absolute Gasteiger partial charge is 0.383 e. The number of nitrogens with one attached hydrogen (secondary N) is 1. The molecule has 1 fully saturated rings. The molecule has 2 aromatic carbocycles. The highest BCUT2D eigenvalue weighted by Crippen LogP contribution is 2.32. The fourth-order valence-corrected chi connectivity index (χ4v) is 4.02. The maximum atomic E-state index is 13.0. The summed E-state index contributed by atoms with van der Waals surface area (Å²) in [6, 6.07) is 13.2. The first-order valence-electron chi connectivity index (χ1n) is 9.14. The van der Waals surface area contributed by atoms with Crippen LogP contribution in [0.5, 0.6) is 0 Å². The van der Waals surface area contributed by atoms with Gasteiger partial charge in [-0.25, -0.2) is 9.38 Å². The number of hydrogen-bond donors (Lipinski definition) is 1. The molecular weight excluding hydrogens is 393 g/mol. The van der Waals surface area contributed by atoms with E-state index in [2.05, 4.69) is 10.3 Å². The molecule has 29 heavy (non-hydrogen) atoms. The lowest BCUT2D eigenvalue weighted by Gasteiger charge is -2.15. The molecule has 2 amide bonds. The maximum Gasteiger partial charge on any atom is 0.242 e. The Morgan fingerprint density at radius 1 is 1.28 bits per heavy atom. The van der Waals surface area contributed by atoms with Gasteiger partial charge in [0.25, 0.3) is 0 Å². The first kappa shape index (κ1) is 21.0. The normalized spacial score (nSPS) is 17.8. The van der Waals surface area contributed by atoms with Crippen molar-refractivity contribution in [1.82, 2.24) is 4.90 Å². The summed E-state index contributed by atoms with van der Waals surface area (Å²) < 4.78 is 18.1. The first-order valence-corrected chi connectivity index (χ1v) is 10.0. The predicted molar refractivity (Wildman–Crippen MR) is 113 cm³/mol. The van der Waals surface area contributed by atoms with Crippen molar-refractivity contribution in [3.05, 3.63) is 59.9 Å². The van der Waals surface area contributed by atoms with Crippen LogP contribution in [0.25, 0.3) is 0 Å². The van der Waals surface area contributed by atoms with Crippen molar-refractivity contribution in [3.8, 4) is 0 Å². The standard InChI is InChI=1S/C21H22FN3O3S/c1-14-4-3-5-17(12-14)24-21-25(10-11-28-2)20(27)18(29-21)13-19(26)23-16-8-6-15(22)7-9-16/h3-9,12,18H,10-11,13H2,1-2H3,(H,23,26)/t18-/m0/s1. The van der Waals surface area contributed by atoms with E-state index in [1.165, 1.54) is 36.0 Å². The van der Waals surface area contributed by atoms with Crippen LogP contribution < -0.4 is 5.32 Å². The van der Waals surface area contributed by atoms with Gasteiger partial charge in [-0.1, -0.05) is 23.9 Å². The van der Waals surface area contributed by atoms with Crippen LogP contribution in [-0.2, 0) is 14.3 Å². The lowest BCUT2D eigenvalue weighted by atomic mass is 10.2. The summed E-state index contributed by atoms with van der Waals surface area (Å²) in [5, 5.41) is 2.67. The molecule has 8 heteroatoms. The van der Waals surface area contributed by atoms with Crippen molar-refractivity contribution >= 4 is 40.1 Å². The van der Waals surface area contributed by atoms with E-state index in [1.54, 1.807) is 12.0 Å². The lowest BCUT2D eigenvalue weighted by Crippen LogP contribution is -2.35. The van der Waals surface area contributed by atoms with E-state index < -0.39 is 5.25 Å². The highest BCUT2D eigenvalue weighted by atomic mass is 32.2. The Kier molecular flexibility index (Phi) is 7.00. The number of aryl methyl sites for hydroxylation is 1. The summed E-state index contributed by atoms with van der Waals surface area (Å²) in [5.74, 6) is -0.867. The van der Waals surface area contributed by atoms with E-state index in [1.807, 2.05) is 31.2 Å².